The van der Waals surface area contributed by atoms with Gasteiger partial charge in [0.1, 0.15) is 12.4 Å². The number of hydrogen-bond acceptors (Lipinski definition) is 6. The van der Waals surface area contributed by atoms with E-state index in [0.717, 1.165) is 16.5 Å². The van der Waals surface area contributed by atoms with Crippen molar-refractivity contribution < 1.29 is 24.1 Å². The van der Waals surface area contributed by atoms with Crippen molar-refractivity contribution in [3.63, 3.8) is 0 Å². The van der Waals surface area contributed by atoms with E-state index in [1.54, 1.807) is 37.7 Å². The third-order valence-corrected chi connectivity index (χ3v) is 4.93. The number of carbonyl (C=O) groups excluding carboxylic acids is 1. The Morgan fingerprint density at radius 3 is 2.46 bits per heavy atom. The molecule has 3 aromatic rings. The van der Waals surface area contributed by atoms with E-state index >= 15 is 0 Å². The molecular formula is C18H14O5S. The number of ether oxygens (including phenoxy) is 3. The number of rotatable bonds is 3. The number of fused-ring (bicyclic) bond motifs is 2. The molecule has 24 heavy (non-hydrogen) atoms. The first-order valence-electron chi connectivity index (χ1n) is 7.29. The van der Waals surface area contributed by atoms with Crippen LogP contribution in [0.15, 0.2) is 29.0 Å². The molecule has 0 bridgehead atoms. The Hall–Kier alpha value is -2.73. The number of methoxy groups -OCH3 is 2. The summed E-state index contributed by atoms with van der Waals surface area (Å²) in [5.74, 6) is 0.679. The Balaban J connectivity index is 2.19. The van der Waals surface area contributed by atoms with Crippen LogP contribution in [-0.4, -0.2) is 25.3 Å². The van der Waals surface area contributed by atoms with E-state index in [0.29, 0.717) is 28.0 Å². The Labute approximate surface area is 142 Å². The number of cyclic esters (lactones) is 1. The molecule has 0 aliphatic carbocycles. The van der Waals surface area contributed by atoms with Gasteiger partial charge >= 0.3 is 5.97 Å². The van der Waals surface area contributed by atoms with Gasteiger partial charge in [0, 0.05) is 16.5 Å². The largest absolute Gasteiger partial charge is 0.507 e. The van der Waals surface area contributed by atoms with Crippen molar-refractivity contribution >= 4 is 28.1 Å². The highest BCUT2D eigenvalue weighted by atomic mass is 32.1. The van der Waals surface area contributed by atoms with E-state index < -0.39 is 5.97 Å². The van der Waals surface area contributed by atoms with Crippen LogP contribution in [0.5, 0.6) is 17.2 Å². The summed E-state index contributed by atoms with van der Waals surface area (Å²) >= 11 is 1.54. The maximum absolute atomic E-state index is 12.3. The maximum atomic E-state index is 12.3. The van der Waals surface area contributed by atoms with Crippen molar-refractivity contribution in [3.05, 3.63) is 40.1 Å². The molecule has 1 aliphatic rings. The van der Waals surface area contributed by atoms with Gasteiger partial charge in [0.2, 0.25) is 0 Å². The minimum Gasteiger partial charge on any atom is -0.507 e. The highest BCUT2D eigenvalue weighted by Crippen LogP contribution is 2.47. The Morgan fingerprint density at radius 1 is 1.12 bits per heavy atom. The van der Waals surface area contributed by atoms with Crippen LogP contribution in [0.4, 0.5) is 0 Å². The van der Waals surface area contributed by atoms with Crippen molar-refractivity contribution in [3.8, 4) is 28.4 Å². The third-order valence-electron chi connectivity index (χ3n) is 4.25. The first kappa shape index (κ1) is 14.8. The number of thiophene rings is 1. The van der Waals surface area contributed by atoms with Gasteiger partial charge < -0.3 is 19.3 Å². The van der Waals surface area contributed by atoms with Crippen LogP contribution < -0.4 is 9.47 Å². The lowest BCUT2D eigenvalue weighted by atomic mass is 9.90. The summed E-state index contributed by atoms with van der Waals surface area (Å²) in [5.41, 5.74) is 2.60. The zero-order valence-corrected chi connectivity index (χ0v) is 13.9. The van der Waals surface area contributed by atoms with Crippen LogP contribution in [0.25, 0.3) is 21.9 Å². The molecule has 1 aromatic heterocycles. The molecule has 0 saturated carbocycles. The highest BCUT2D eigenvalue weighted by molar-refractivity contribution is 7.08. The van der Waals surface area contributed by atoms with Crippen molar-refractivity contribution in [2.75, 3.05) is 14.2 Å². The summed E-state index contributed by atoms with van der Waals surface area (Å²) in [4.78, 5) is 12.3. The topological polar surface area (TPSA) is 65.0 Å². The van der Waals surface area contributed by atoms with E-state index in [1.807, 2.05) is 16.8 Å². The Morgan fingerprint density at radius 2 is 1.83 bits per heavy atom. The summed E-state index contributed by atoms with van der Waals surface area (Å²) in [6.07, 6.45) is 0. The molecule has 0 fully saturated rings. The van der Waals surface area contributed by atoms with E-state index in [-0.39, 0.29) is 12.4 Å². The number of phenols is 1. The number of phenolic OH excluding ortho intramolecular Hbond substituents is 1. The van der Waals surface area contributed by atoms with Crippen LogP contribution in [0.2, 0.25) is 0 Å². The number of hydrogen-bond donors (Lipinski definition) is 1. The summed E-state index contributed by atoms with van der Waals surface area (Å²) in [6, 6.07) is 5.45. The molecule has 4 rings (SSSR count). The van der Waals surface area contributed by atoms with E-state index in [1.165, 1.54) is 0 Å². The quantitative estimate of drug-likeness (QED) is 0.730. The van der Waals surface area contributed by atoms with E-state index in [2.05, 4.69) is 0 Å². The molecule has 122 valence electrons. The molecule has 0 spiro atoms. The second-order valence-electron chi connectivity index (χ2n) is 5.42. The average molecular weight is 342 g/mol. The summed E-state index contributed by atoms with van der Waals surface area (Å²) in [6.45, 7) is 0.0709. The molecule has 0 unspecified atom stereocenters. The van der Waals surface area contributed by atoms with Gasteiger partial charge in [-0.3, -0.25) is 0 Å². The predicted molar refractivity (Wildman–Crippen MR) is 91.1 cm³/mol. The molecule has 5 nitrogen and oxygen atoms in total. The minimum atomic E-state index is -0.418. The second-order valence-corrected chi connectivity index (χ2v) is 6.20. The number of carbonyl (C=O) groups is 1. The third kappa shape index (κ3) is 1.96. The van der Waals surface area contributed by atoms with E-state index in [4.69, 9.17) is 14.2 Å². The van der Waals surface area contributed by atoms with Gasteiger partial charge in [-0.2, -0.15) is 11.3 Å². The number of benzene rings is 2. The van der Waals surface area contributed by atoms with Crippen LogP contribution in [-0.2, 0) is 11.3 Å². The molecule has 0 amide bonds. The molecule has 0 atom stereocenters. The fourth-order valence-electron chi connectivity index (χ4n) is 3.13. The maximum Gasteiger partial charge on any atom is 0.339 e. The number of aromatic hydroxyl groups is 1. The van der Waals surface area contributed by atoms with Gasteiger partial charge in [-0.15, -0.1) is 0 Å². The van der Waals surface area contributed by atoms with Gasteiger partial charge in [0.15, 0.2) is 11.5 Å². The van der Waals surface area contributed by atoms with Crippen LogP contribution in [0.1, 0.15) is 15.9 Å². The van der Waals surface area contributed by atoms with Crippen molar-refractivity contribution in [2.45, 2.75) is 6.61 Å². The van der Waals surface area contributed by atoms with Crippen molar-refractivity contribution in [1.82, 2.24) is 0 Å². The van der Waals surface area contributed by atoms with Gasteiger partial charge in [0.05, 0.1) is 19.8 Å². The zero-order valence-electron chi connectivity index (χ0n) is 13.1. The van der Waals surface area contributed by atoms with E-state index in [9.17, 15) is 9.90 Å². The summed E-state index contributed by atoms with van der Waals surface area (Å²) in [5, 5.41) is 15.9. The first-order chi connectivity index (χ1) is 11.7. The predicted octanol–water partition coefficient (Wildman–Crippen LogP) is 3.96. The zero-order chi connectivity index (χ0) is 16.8. The molecular weight excluding hydrogens is 328 g/mol. The SMILES string of the molecule is COc1cc2c(O)c3c(c(-c4ccsc4)c2cc1OC)C(=O)OC3. The Bertz CT molecular complexity index is 960. The van der Waals surface area contributed by atoms with Crippen LogP contribution in [0.3, 0.4) is 0 Å². The smallest absolute Gasteiger partial charge is 0.339 e. The van der Waals surface area contributed by atoms with Crippen molar-refractivity contribution in [1.29, 1.82) is 0 Å². The molecule has 1 N–H and O–H groups in total. The Kier molecular flexibility index (Phi) is 3.35. The molecule has 2 heterocycles. The van der Waals surface area contributed by atoms with Gasteiger partial charge in [-0.25, -0.2) is 4.79 Å². The fraction of sp³-hybridized carbons (Fsp3) is 0.167. The first-order valence-corrected chi connectivity index (χ1v) is 8.23. The second kappa shape index (κ2) is 5.42. The molecule has 0 radical (unpaired) electrons. The van der Waals surface area contributed by atoms with Crippen LogP contribution >= 0.6 is 11.3 Å². The van der Waals surface area contributed by atoms with Gasteiger partial charge in [-0.1, -0.05) is 0 Å². The molecule has 2 aromatic carbocycles. The van der Waals surface area contributed by atoms with Crippen molar-refractivity contribution in [2.24, 2.45) is 0 Å². The standard InChI is InChI=1S/C18H14O5S/c1-21-13-5-10-11(6-14(13)22-2)17(19)12-7-23-18(20)16(12)15(10)9-3-4-24-8-9/h3-6,8,19H,7H2,1-2H3. The fourth-order valence-corrected chi connectivity index (χ4v) is 3.78. The molecule has 0 saturated heterocycles. The lowest BCUT2D eigenvalue weighted by molar-refractivity contribution is 0.0535. The summed E-state index contributed by atoms with van der Waals surface area (Å²) in [7, 11) is 3.09. The normalized spacial score (nSPS) is 13.0. The van der Waals surface area contributed by atoms with Gasteiger partial charge in [0.25, 0.3) is 0 Å². The minimum absolute atomic E-state index is 0.0470. The average Bonchev–Trinajstić information content (AvgIpc) is 3.25. The lowest BCUT2D eigenvalue weighted by Gasteiger charge is -2.15. The highest BCUT2D eigenvalue weighted by Gasteiger charge is 2.32. The molecule has 6 heteroatoms. The van der Waals surface area contributed by atoms with Gasteiger partial charge in [-0.05, 0) is 39.9 Å². The van der Waals surface area contributed by atoms with Crippen LogP contribution in [0, 0.1) is 0 Å². The summed E-state index contributed by atoms with van der Waals surface area (Å²) < 4.78 is 15.9. The monoisotopic (exact) mass is 342 g/mol. The number of esters is 1. The molecule has 1 aliphatic heterocycles. The lowest BCUT2D eigenvalue weighted by Crippen LogP contribution is -1.99.